The monoisotopic (exact) mass is 276 g/mol. The summed E-state index contributed by atoms with van der Waals surface area (Å²) in [5, 5.41) is 6.56. The second-order valence-corrected chi connectivity index (χ2v) is 5.11. The van der Waals surface area contributed by atoms with Crippen LogP contribution >= 0.6 is 22.9 Å². The Kier molecular flexibility index (Phi) is 2.85. The maximum Gasteiger partial charge on any atom is 0.171 e. The second-order valence-electron chi connectivity index (χ2n) is 3.78. The molecule has 0 saturated heterocycles. The van der Waals surface area contributed by atoms with Crippen molar-refractivity contribution in [2.45, 2.75) is 0 Å². The zero-order valence-electron chi connectivity index (χ0n) is 9.54. The van der Waals surface area contributed by atoms with Crippen LogP contribution in [0.3, 0.4) is 0 Å². The molecule has 0 spiro atoms. The minimum absolute atomic E-state index is 0.437. The van der Waals surface area contributed by atoms with Gasteiger partial charge in [-0.25, -0.2) is 9.97 Å². The predicted octanol–water partition coefficient (Wildman–Crippen LogP) is 3.26. The fourth-order valence-electron chi connectivity index (χ4n) is 1.63. The Morgan fingerprint density at radius 3 is 2.89 bits per heavy atom. The predicted molar refractivity (Wildman–Crippen MR) is 72.6 cm³/mol. The van der Waals surface area contributed by atoms with Gasteiger partial charge in [0.05, 0.1) is 16.8 Å². The van der Waals surface area contributed by atoms with Crippen LogP contribution in [0.25, 0.3) is 22.0 Å². The molecule has 3 aromatic heterocycles. The summed E-state index contributed by atoms with van der Waals surface area (Å²) in [6, 6.07) is 5.69. The molecule has 3 aromatic rings. The first-order chi connectivity index (χ1) is 8.72. The summed E-state index contributed by atoms with van der Waals surface area (Å²) in [5.74, 6) is 0.649. The molecule has 4 nitrogen and oxygen atoms in total. The Hall–Kier alpha value is -1.72. The molecular weight excluding hydrogens is 268 g/mol. The van der Waals surface area contributed by atoms with E-state index in [1.807, 2.05) is 30.8 Å². The summed E-state index contributed by atoms with van der Waals surface area (Å²) in [6.45, 7) is 0. The van der Waals surface area contributed by atoms with Crippen molar-refractivity contribution in [2.24, 2.45) is 7.05 Å². The standard InChI is InChI=1S/C12H9ClN4S/c1-17-7-8(6-14-17)9-5-11(13)16-12(15-9)10-3-2-4-18-10/h2-7H,1H3. The molecule has 0 aliphatic rings. The van der Waals surface area contributed by atoms with E-state index >= 15 is 0 Å². The molecule has 0 radical (unpaired) electrons. The molecular formula is C12H9ClN4S. The average molecular weight is 277 g/mol. The number of rotatable bonds is 2. The minimum atomic E-state index is 0.437. The SMILES string of the molecule is Cn1cc(-c2cc(Cl)nc(-c3cccs3)n2)cn1. The van der Waals surface area contributed by atoms with Crippen LogP contribution in [0.15, 0.2) is 36.0 Å². The van der Waals surface area contributed by atoms with E-state index in [1.54, 1.807) is 28.3 Å². The third-order valence-corrected chi connectivity index (χ3v) is 3.50. The van der Waals surface area contributed by atoms with E-state index in [-0.39, 0.29) is 0 Å². The highest BCUT2D eigenvalue weighted by atomic mass is 35.5. The van der Waals surface area contributed by atoms with Gasteiger partial charge in [0.2, 0.25) is 0 Å². The summed E-state index contributed by atoms with van der Waals surface area (Å²) >= 11 is 7.64. The summed E-state index contributed by atoms with van der Waals surface area (Å²) in [7, 11) is 1.87. The van der Waals surface area contributed by atoms with Gasteiger partial charge < -0.3 is 0 Å². The van der Waals surface area contributed by atoms with Gasteiger partial charge in [-0.1, -0.05) is 17.7 Å². The molecule has 0 atom stereocenters. The molecule has 90 valence electrons. The number of hydrogen-bond acceptors (Lipinski definition) is 4. The fourth-order valence-corrected chi connectivity index (χ4v) is 2.48. The molecule has 0 aromatic carbocycles. The van der Waals surface area contributed by atoms with Crippen molar-refractivity contribution >= 4 is 22.9 Å². The first-order valence-corrected chi connectivity index (χ1v) is 6.55. The van der Waals surface area contributed by atoms with Gasteiger partial charge in [-0.2, -0.15) is 5.10 Å². The Balaban J connectivity index is 2.11. The lowest BCUT2D eigenvalue weighted by Crippen LogP contribution is -1.91. The molecule has 0 N–H and O–H groups in total. The first kappa shape index (κ1) is 11.4. The highest BCUT2D eigenvalue weighted by Crippen LogP contribution is 2.26. The van der Waals surface area contributed by atoms with Gasteiger partial charge in [-0.05, 0) is 11.4 Å². The van der Waals surface area contributed by atoms with Crippen molar-refractivity contribution in [3.63, 3.8) is 0 Å². The Bertz CT molecular complexity index is 675. The normalized spacial score (nSPS) is 10.8. The van der Waals surface area contributed by atoms with E-state index in [9.17, 15) is 0 Å². The van der Waals surface area contributed by atoms with Crippen LogP contribution in [0, 0.1) is 0 Å². The van der Waals surface area contributed by atoms with Crippen molar-refractivity contribution in [1.82, 2.24) is 19.7 Å². The Morgan fingerprint density at radius 1 is 1.33 bits per heavy atom. The maximum atomic E-state index is 6.05. The van der Waals surface area contributed by atoms with E-state index < -0.39 is 0 Å². The van der Waals surface area contributed by atoms with Gasteiger partial charge in [-0.15, -0.1) is 11.3 Å². The summed E-state index contributed by atoms with van der Waals surface area (Å²) in [6.07, 6.45) is 3.66. The lowest BCUT2D eigenvalue weighted by Gasteiger charge is -2.01. The number of hydrogen-bond donors (Lipinski definition) is 0. The van der Waals surface area contributed by atoms with E-state index in [0.29, 0.717) is 11.0 Å². The highest BCUT2D eigenvalue weighted by molar-refractivity contribution is 7.13. The number of halogens is 1. The Morgan fingerprint density at radius 2 is 2.22 bits per heavy atom. The Labute approximate surface area is 113 Å². The molecule has 0 fully saturated rings. The first-order valence-electron chi connectivity index (χ1n) is 5.30. The van der Waals surface area contributed by atoms with E-state index in [1.165, 1.54) is 0 Å². The smallest absolute Gasteiger partial charge is 0.171 e. The fraction of sp³-hybridized carbons (Fsp3) is 0.0833. The topological polar surface area (TPSA) is 43.6 Å². The minimum Gasteiger partial charge on any atom is -0.275 e. The van der Waals surface area contributed by atoms with Crippen LogP contribution in [0.2, 0.25) is 5.15 Å². The van der Waals surface area contributed by atoms with Gasteiger partial charge in [0.25, 0.3) is 0 Å². The number of aryl methyl sites for hydroxylation is 1. The largest absolute Gasteiger partial charge is 0.275 e. The maximum absolute atomic E-state index is 6.05. The molecule has 3 heterocycles. The molecule has 0 amide bonds. The van der Waals surface area contributed by atoms with Gasteiger partial charge >= 0.3 is 0 Å². The van der Waals surface area contributed by atoms with Crippen LogP contribution in [0.1, 0.15) is 0 Å². The van der Waals surface area contributed by atoms with Crippen molar-refractivity contribution in [2.75, 3.05) is 0 Å². The van der Waals surface area contributed by atoms with Gasteiger partial charge in [0, 0.05) is 24.9 Å². The van der Waals surface area contributed by atoms with E-state index in [0.717, 1.165) is 16.1 Å². The molecule has 0 bridgehead atoms. The lowest BCUT2D eigenvalue weighted by molar-refractivity contribution is 0.768. The summed E-state index contributed by atoms with van der Waals surface area (Å²) in [4.78, 5) is 9.77. The van der Waals surface area contributed by atoms with Gasteiger partial charge in [0.1, 0.15) is 5.15 Å². The lowest BCUT2D eigenvalue weighted by atomic mass is 10.2. The summed E-state index contributed by atoms with van der Waals surface area (Å²) in [5.41, 5.74) is 1.71. The van der Waals surface area contributed by atoms with Gasteiger partial charge in [-0.3, -0.25) is 4.68 Å². The second kappa shape index (κ2) is 4.51. The van der Waals surface area contributed by atoms with Crippen LogP contribution in [0.5, 0.6) is 0 Å². The third kappa shape index (κ3) is 2.14. The molecule has 0 unspecified atom stereocenters. The highest BCUT2D eigenvalue weighted by Gasteiger charge is 2.09. The zero-order valence-corrected chi connectivity index (χ0v) is 11.1. The van der Waals surface area contributed by atoms with Crippen molar-refractivity contribution in [3.8, 4) is 22.0 Å². The van der Waals surface area contributed by atoms with Crippen LogP contribution in [-0.2, 0) is 7.05 Å². The molecule has 3 rings (SSSR count). The van der Waals surface area contributed by atoms with Crippen LogP contribution in [0.4, 0.5) is 0 Å². The van der Waals surface area contributed by atoms with Crippen molar-refractivity contribution in [3.05, 3.63) is 41.1 Å². The van der Waals surface area contributed by atoms with E-state index in [4.69, 9.17) is 11.6 Å². The van der Waals surface area contributed by atoms with Crippen LogP contribution in [-0.4, -0.2) is 19.7 Å². The molecule has 6 heteroatoms. The van der Waals surface area contributed by atoms with E-state index in [2.05, 4.69) is 15.1 Å². The molecule has 0 saturated carbocycles. The average Bonchev–Trinajstić information content (AvgIpc) is 2.98. The van der Waals surface area contributed by atoms with Crippen molar-refractivity contribution < 1.29 is 0 Å². The third-order valence-electron chi connectivity index (χ3n) is 2.44. The summed E-state index contributed by atoms with van der Waals surface area (Å²) < 4.78 is 1.73. The van der Waals surface area contributed by atoms with Crippen molar-refractivity contribution in [1.29, 1.82) is 0 Å². The van der Waals surface area contributed by atoms with Gasteiger partial charge in [0.15, 0.2) is 5.82 Å². The molecule has 0 aliphatic heterocycles. The number of thiophene rings is 1. The zero-order chi connectivity index (χ0) is 12.5. The number of aromatic nitrogens is 4. The molecule has 0 aliphatic carbocycles. The quantitative estimate of drug-likeness (QED) is 0.675. The molecule has 18 heavy (non-hydrogen) atoms. The van der Waals surface area contributed by atoms with Crippen LogP contribution < -0.4 is 0 Å². The number of nitrogens with zero attached hydrogens (tertiary/aromatic N) is 4.